The monoisotopic (exact) mass is 666 g/mol. The second-order valence-electron chi connectivity index (χ2n) is 13.2. The van der Waals surface area contributed by atoms with Crippen LogP contribution in [0.15, 0.2) is 60.8 Å². The molecule has 11 heteroatoms. The molecule has 0 aromatic rings. The number of carbonyl (C=O) groups is 1. The first-order valence-electron chi connectivity index (χ1n) is 16.9. The lowest BCUT2D eigenvalue weighted by Gasteiger charge is -2.27. The topological polar surface area (TPSA) is 197 Å². The summed E-state index contributed by atoms with van der Waals surface area (Å²) in [7, 11) is 0. The van der Waals surface area contributed by atoms with Gasteiger partial charge in [0.05, 0.1) is 54.9 Å². The molecular formula is C36H58O11. The molecule has 0 aromatic heterocycles. The summed E-state index contributed by atoms with van der Waals surface area (Å²) in [6.07, 6.45) is 7.88. The molecule has 2 heterocycles. The Morgan fingerprint density at radius 2 is 1.15 bits per heavy atom. The van der Waals surface area contributed by atoms with Gasteiger partial charge >= 0.3 is 5.97 Å². The number of hydrogen-bond donors (Lipinski definition) is 8. The van der Waals surface area contributed by atoms with Gasteiger partial charge in [-0.2, -0.15) is 0 Å². The third kappa shape index (κ3) is 16.7. The van der Waals surface area contributed by atoms with Gasteiger partial charge in [0.1, 0.15) is 12.2 Å². The Labute approximate surface area is 279 Å². The molecule has 0 radical (unpaired) electrons. The molecule has 0 aromatic carbocycles. The predicted octanol–water partition coefficient (Wildman–Crippen LogP) is 2.15. The smallest absolute Gasteiger partial charge is 0.331 e. The summed E-state index contributed by atoms with van der Waals surface area (Å²) in [5.41, 5.74) is 0. The van der Waals surface area contributed by atoms with E-state index in [-0.39, 0.29) is 56.8 Å². The second-order valence-corrected chi connectivity index (χ2v) is 13.2. The Kier molecular flexibility index (Phi) is 18.9. The summed E-state index contributed by atoms with van der Waals surface area (Å²) in [4.78, 5) is 12.5. The molecule has 2 bridgehead atoms. The van der Waals surface area contributed by atoms with Gasteiger partial charge in [-0.15, -0.1) is 0 Å². The van der Waals surface area contributed by atoms with Crippen molar-refractivity contribution < 1.29 is 55.1 Å². The number of allylic oxidation sites excluding steroid dienone is 6. The molecule has 47 heavy (non-hydrogen) atoms. The van der Waals surface area contributed by atoms with Crippen LogP contribution in [0, 0.1) is 11.8 Å². The van der Waals surface area contributed by atoms with Crippen LogP contribution in [0.25, 0.3) is 0 Å². The second kappa shape index (κ2) is 21.7. The normalized spacial score (nSPS) is 41.6. The lowest BCUT2D eigenvalue weighted by atomic mass is 9.90. The van der Waals surface area contributed by atoms with Crippen LogP contribution >= 0.6 is 0 Å². The van der Waals surface area contributed by atoms with E-state index < -0.39 is 73.1 Å². The van der Waals surface area contributed by atoms with Crippen molar-refractivity contribution in [2.75, 3.05) is 0 Å². The van der Waals surface area contributed by atoms with Gasteiger partial charge in [0.2, 0.25) is 0 Å². The van der Waals surface area contributed by atoms with Gasteiger partial charge in [-0.3, -0.25) is 0 Å². The number of ether oxygens (including phenoxy) is 2. The summed E-state index contributed by atoms with van der Waals surface area (Å²) < 4.78 is 11.6. The average Bonchev–Trinajstić information content (AvgIpc) is 3.32. The van der Waals surface area contributed by atoms with E-state index in [9.17, 15) is 45.6 Å². The fourth-order valence-corrected chi connectivity index (χ4v) is 6.03. The van der Waals surface area contributed by atoms with Crippen molar-refractivity contribution in [2.24, 2.45) is 11.8 Å². The number of fused-ring (bicyclic) bond motifs is 2. The molecule has 2 aliphatic rings. The van der Waals surface area contributed by atoms with Gasteiger partial charge in [0.25, 0.3) is 0 Å². The quantitative estimate of drug-likeness (QED) is 0.159. The molecule has 1 saturated heterocycles. The minimum Gasteiger partial charge on any atom is -0.458 e. The number of carbonyl (C=O) groups excluding carboxylic acids is 1. The van der Waals surface area contributed by atoms with Crippen LogP contribution in [0.2, 0.25) is 0 Å². The van der Waals surface area contributed by atoms with E-state index in [2.05, 4.69) is 0 Å². The number of cyclic esters (lactones) is 1. The molecule has 13 unspecified atom stereocenters. The highest BCUT2D eigenvalue weighted by Gasteiger charge is 2.34. The van der Waals surface area contributed by atoms with Crippen LogP contribution in [-0.4, -0.2) is 114 Å². The van der Waals surface area contributed by atoms with Crippen LogP contribution in [0.4, 0.5) is 0 Å². The summed E-state index contributed by atoms with van der Waals surface area (Å²) in [6.45, 7) is 5.86. The number of rotatable bonds is 2. The van der Waals surface area contributed by atoms with Gasteiger partial charge in [0, 0.05) is 24.8 Å². The molecule has 1 fully saturated rings. The lowest BCUT2D eigenvalue weighted by Crippen LogP contribution is -2.30. The molecule has 2 aliphatic heterocycles. The van der Waals surface area contributed by atoms with E-state index in [0.29, 0.717) is 6.42 Å². The summed E-state index contributed by atoms with van der Waals surface area (Å²) in [6, 6.07) is 0. The zero-order valence-electron chi connectivity index (χ0n) is 27.9. The molecule has 8 N–H and O–H groups in total. The maximum absolute atomic E-state index is 12.5. The third-order valence-corrected chi connectivity index (χ3v) is 8.70. The van der Waals surface area contributed by atoms with Crippen molar-refractivity contribution in [3.63, 3.8) is 0 Å². The van der Waals surface area contributed by atoms with Crippen LogP contribution in [-0.2, 0) is 14.3 Å². The Bertz CT molecular complexity index is 1040. The maximum atomic E-state index is 12.5. The molecule has 2 rings (SSSR count). The van der Waals surface area contributed by atoms with E-state index in [1.54, 1.807) is 48.6 Å². The van der Waals surface area contributed by atoms with Gasteiger partial charge in [-0.25, -0.2) is 4.79 Å². The molecule has 11 nitrogen and oxygen atoms in total. The zero-order chi connectivity index (χ0) is 34.9. The summed E-state index contributed by atoms with van der Waals surface area (Å²) in [5.74, 6) is -0.680. The summed E-state index contributed by atoms with van der Waals surface area (Å²) in [5, 5.41) is 83.3. The fraction of sp³-hybridized carbons (Fsp3) is 0.694. The summed E-state index contributed by atoms with van der Waals surface area (Å²) >= 11 is 0. The van der Waals surface area contributed by atoms with E-state index in [1.807, 2.05) is 20.8 Å². The molecular weight excluding hydrogens is 608 g/mol. The highest BCUT2D eigenvalue weighted by Crippen LogP contribution is 2.27. The zero-order valence-corrected chi connectivity index (χ0v) is 27.9. The van der Waals surface area contributed by atoms with Crippen molar-refractivity contribution in [1.29, 1.82) is 0 Å². The number of aliphatic hydroxyl groups is 8. The Morgan fingerprint density at radius 3 is 1.70 bits per heavy atom. The van der Waals surface area contributed by atoms with Crippen LogP contribution < -0.4 is 0 Å². The van der Waals surface area contributed by atoms with Crippen molar-refractivity contribution in [3.8, 4) is 0 Å². The number of esters is 1. The first-order chi connectivity index (χ1) is 22.3. The Hall–Kier alpha value is -2.19. The van der Waals surface area contributed by atoms with Crippen molar-refractivity contribution in [1.82, 2.24) is 0 Å². The van der Waals surface area contributed by atoms with E-state index in [4.69, 9.17) is 9.47 Å². The molecule has 268 valence electrons. The Morgan fingerprint density at radius 1 is 0.660 bits per heavy atom. The number of hydrogen-bond acceptors (Lipinski definition) is 11. The highest BCUT2D eigenvalue weighted by atomic mass is 16.5. The maximum Gasteiger partial charge on any atom is 0.331 e. The van der Waals surface area contributed by atoms with Crippen LogP contribution in [0.3, 0.4) is 0 Å². The predicted molar refractivity (Wildman–Crippen MR) is 178 cm³/mol. The van der Waals surface area contributed by atoms with Crippen molar-refractivity contribution in [3.05, 3.63) is 60.8 Å². The molecule has 0 aliphatic carbocycles. The van der Waals surface area contributed by atoms with Gasteiger partial charge in [0.15, 0.2) is 0 Å². The molecule has 0 spiro atoms. The number of aliphatic hydroxyl groups excluding tert-OH is 8. The Balaban J connectivity index is 2.12. The standard InChI is InChI=1S/C36H58O11/c1-4-23(2)36-24(3)13-14-25(37)15-26(38)16-27(39)17-28(40)18-29(41)19-30(42)20-31(43)21-32-22-33(44)34(46-32)11-9-7-5-6-8-10-12-35(45)47-36/h5-14,23-34,36-44H,4,15-22H2,1-3H3/b7-5+,8-6+,11-9+,12-10?,14-13+. The largest absolute Gasteiger partial charge is 0.458 e. The minimum atomic E-state index is -1.10. The average molecular weight is 667 g/mol. The van der Waals surface area contributed by atoms with E-state index in [1.165, 1.54) is 12.2 Å². The third-order valence-electron chi connectivity index (χ3n) is 8.70. The molecule has 0 amide bonds. The van der Waals surface area contributed by atoms with E-state index >= 15 is 0 Å². The molecule has 0 saturated carbocycles. The van der Waals surface area contributed by atoms with Gasteiger partial charge in [-0.1, -0.05) is 81.9 Å². The van der Waals surface area contributed by atoms with E-state index in [0.717, 1.165) is 6.42 Å². The first kappa shape index (κ1) is 41.0. The first-order valence-corrected chi connectivity index (χ1v) is 16.9. The lowest BCUT2D eigenvalue weighted by molar-refractivity contribution is -0.147. The van der Waals surface area contributed by atoms with Crippen LogP contribution in [0.5, 0.6) is 0 Å². The minimum absolute atomic E-state index is 0.0203. The van der Waals surface area contributed by atoms with Crippen molar-refractivity contribution >= 4 is 5.97 Å². The van der Waals surface area contributed by atoms with Crippen molar-refractivity contribution in [2.45, 2.75) is 146 Å². The van der Waals surface area contributed by atoms with Gasteiger partial charge in [-0.05, 0) is 44.4 Å². The molecule has 13 atom stereocenters. The fourth-order valence-electron chi connectivity index (χ4n) is 6.03. The van der Waals surface area contributed by atoms with Crippen LogP contribution in [0.1, 0.15) is 78.6 Å². The SMILES string of the molecule is CCC(C)C1OC(=O)C=C/C=C/C=C/C=C/C2OC(CC(O)CC(O)CC(O)CC(O)CC(O)CC(O)CC(O)/C=C/C1C)CC2O. The van der Waals surface area contributed by atoms with Gasteiger partial charge < -0.3 is 50.3 Å². The highest BCUT2D eigenvalue weighted by molar-refractivity contribution is 5.82.